The first-order chi connectivity index (χ1) is 13.1. The minimum absolute atomic E-state index is 0.608. The van der Waals surface area contributed by atoms with E-state index in [1.165, 1.54) is 10.6 Å². The molecule has 1 heterocycles. The van der Waals surface area contributed by atoms with Crippen LogP contribution in [-0.2, 0) is 33.4 Å². The van der Waals surface area contributed by atoms with Crippen LogP contribution in [0.2, 0.25) is 0 Å². The average molecular weight is 438 g/mol. The number of halogens is 6. The molecular formula is C14H16F6N2O7. The van der Waals surface area contributed by atoms with Crippen molar-refractivity contribution in [2.24, 2.45) is 0 Å². The zero-order chi connectivity index (χ0) is 22.6. The third-order valence-electron chi connectivity index (χ3n) is 3.43. The molecule has 29 heavy (non-hydrogen) atoms. The van der Waals surface area contributed by atoms with Gasteiger partial charge >= 0.3 is 36.1 Å². The minimum Gasteiger partial charge on any atom is -0.458 e. The predicted octanol–water partition coefficient (Wildman–Crippen LogP) is 0.322. The lowest BCUT2D eigenvalue weighted by molar-refractivity contribution is -0.233. The number of carbonyl (C=O) groups is 4. The Morgan fingerprint density at radius 3 is 1.90 bits per heavy atom. The average Bonchev–Trinajstić information content (AvgIpc) is 2.52. The molecule has 4 unspecified atom stereocenters. The quantitative estimate of drug-likeness (QED) is 0.469. The van der Waals surface area contributed by atoms with Gasteiger partial charge in [-0.3, -0.25) is 19.2 Å². The van der Waals surface area contributed by atoms with Gasteiger partial charge in [0.25, 0.3) is 0 Å². The van der Waals surface area contributed by atoms with Crippen LogP contribution in [0.15, 0.2) is 0 Å². The summed E-state index contributed by atoms with van der Waals surface area (Å²) < 4.78 is 89.3. The lowest BCUT2D eigenvalue weighted by atomic mass is 9.97. The van der Waals surface area contributed by atoms with Gasteiger partial charge in [0, 0.05) is 26.8 Å². The van der Waals surface area contributed by atoms with Crippen molar-refractivity contribution in [3.8, 4) is 0 Å². The van der Waals surface area contributed by atoms with Gasteiger partial charge in [0.15, 0.2) is 0 Å². The van der Waals surface area contributed by atoms with Crippen LogP contribution in [0.1, 0.15) is 20.3 Å². The van der Waals surface area contributed by atoms with Crippen LogP contribution in [0.4, 0.5) is 26.3 Å². The van der Waals surface area contributed by atoms with E-state index in [4.69, 9.17) is 9.47 Å². The second-order valence-corrected chi connectivity index (χ2v) is 5.81. The maximum atomic E-state index is 12.6. The van der Waals surface area contributed by atoms with Crippen LogP contribution in [0, 0.1) is 0 Å². The molecular weight excluding hydrogens is 422 g/mol. The van der Waals surface area contributed by atoms with Gasteiger partial charge in [-0.25, -0.2) is 0 Å². The van der Waals surface area contributed by atoms with Crippen LogP contribution in [-0.4, -0.2) is 67.2 Å². The van der Waals surface area contributed by atoms with Crippen LogP contribution >= 0.6 is 0 Å². The van der Waals surface area contributed by atoms with E-state index in [0.29, 0.717) is 0 Å². The van der Waals surface area contributed by atoms with Crippen LogP contribution in [0.5, 0.6) is 0 Å². The first-order valence-corrected chi connectivity index (χ1v) is 7.84. The zero-order valence-corrected chi connectivity index (χ0v) is 14.8. The van der Waals surface area contributed by atoms with Gasteiger partial charge in [-0.1, -0.05) is 0 Å². The van der Waals surface area contributed by atoms with Crippen molar-refractivity contribution in [1.82, 2.24) is 10.6 Å². The molecule has 1 fully saturated rings. The number of hydrogen-bond acceptors (Lipinski definition) is 7. The van der Waals surface area contributed by atoms with Gasteiger partial charge in [0.05, 0.1) is 6.04 Å². The zero-order valence-electron chi connectivity index (χ0n) is 14.8. The Kier molecular flexibility index (Phi) is 7.83. The second kappa shape index (κ2) is 9.28. The molecule has 0 aromatic carbocycles. The Morgan fingerprint density at radius 2 is 1.45 bits per heavy atom. The van der Waals surface area contributed by atoms with Gasteiger partial charge < -0.3 is 24.8 Å². The van der Waals surface area contributed by atoms with Crippen molar-refractivity contribution >= 4 is 23.8 Å². The number of carbonyl (C=O) groups excluding carboxylic acids is 4. The summed E-state index contributed by atoms with van der Waals surface area (Å²) in [7, 11) is 0. The Bertz CT molecular complexity index is 651. The standard InChI is InChI=1S/C14H16F6N2O7/c1-5(23)27-9-3-7(22-12(26)14(18,19)20)10(28-6(2)24)8(29-9)4-21-11(25)13(15,16)17/h7-10H,3-4H2,1-2H3,(H,21,25)(H,22,26). The van der Waals surface area contributed by atoms with Crippen molar-refractivity contribution in [2.75, 3.05) is 6.54 Å². The number of nitrogens with one attached hydrogen (secondary N) is 2. The Labute approximate surface area is 159 Å². The largest absolute Gasteiger partial charge is 0.471 e. The number of alkyl halides is 6. The Balaban J connectivity index is 3.10. The monoisotopic (exact) mass is 438 g/mol. The fourth-order valence-electron chi connectivity index (χ4n) is 2.39. The van der Waals surface area contributed by atoms with E-state index < -0.39 is 73.6 Å². The maximum absolute atomic E-state index is 12.6. The smallest absolute Gasteiger partial charge is 0.458 e. The number of esters is 2. The summed E-state index contributed by atoms with van der Waals surface area (Å²) in [5.74, 6) is -6.82. The molecule has 0 bridgehead atoms. The highest BCUT2D eigenvalue weighted by molar-refractivity contribution is 5.82. The molecule has 2 N–H and O–H groups in total. The molecule has 0 saturated carbocycles. The van der Waals surface area contributed by atoms with Crippen molar-refractivity contribution in [1.29, 1.82) is 0 Å². The number of rotatable bonds is 5. The van der Waals surface area contributed by atoms with Crippen LogP contribution in [0.3, 0.4) is 0 Å². The van der Waals surface area contributed by atoms with Gasteiger partial charge in [-0.2, -0.15) is 26.3 Å². The third-order valence-corrected chi connectivity index (χ3v) is 3.43. The molecule has 2 amide bonds. The topological polar surface area (TPSA) is 120 Å². The summed E-state index contributed by atoms with van der Waals surface area (Å²) in [6, 6.07) is -1.65. The van der Waals surface area contributed by atoms with E-state index in [1.54, 1.807) is 0 Å². The highest BCUT2D eigenvalue weighted by Crippen LogP contribution is 2.26. The normalized spacial score (nSPS) is 25.0. The molecule has 166 valence electrons. The van der Waals surface area contributed by atoms with Crippen LogP contribution in [0.25, 0.3) is 0 Å². The Hall–Kier alpha value is -2.58. The first kappa shape index (κ1) is 24.5. The molecule has 0 aliphatic carbocycles. The van der Waals surface area contributed by atoms with Crippen molar-refractivity contribution in [2.45, 2.75) is 57.2 Å². The van der Waals surface area contributed by atoms with Crippen molar-refractivity contribution in [3.05, 3.63) is 0 Å². The summed E-state index contributed by atoms with van der Waals surface area (Å²) in [5.41, 5.74) is 0. The van der Waals surface area contributed by atoms with Gasteiger partial charge in [-0.15, -0.1) is 0 Å². The highest BCUT2D eigenvalue weighted by Gasteiger charge is 2.48. The maximum Gasteiger partial charge on any atom is 0.471 e. The van der Waals surface area contributed by atoms with E-state index in [9.17, 15) is 45.5 Å². The van der Waals surface area contributed by atoms with Gasteiger partial charge in [-0.05, 0) is 0 Å². The molecule has 0 spiro atoms. The first-order valence-electron chi connectivity index (χ1n) is 7.84. The van der Waals surface area contributed by atoms with Crippen molar-refractivity contribution in [3.63, 3.8) is 0 Å². The molecule has 15 heteroatoms. The number of hydrogen-bond donors (Lipinski definition) is 2. The van der Waals surface area contributed by atoms with E-state index >= 15 is 0 Å². The van der Waals surface area contributed by atoms with E-state index in [2.05, 4.69) is 4.74 Å². The number of amides is 2. The molecule has 4 atom stereocenters. The molecule has 1 aliphatic heterocycles. The fourth-order valence-corrected chi connectivity index (χ4v) is 2.39. The minimum atomic E-state index is -5.32. The SMILES string of the molecule is CC(=O)OC1CC(NC(=O)C(F)(F)F)C(OC(C)=O)C(CNC(=O)C(F)(F)F)O1. The lowest BCUT2D eigenvalue weighted by Gasteiger charge is -2.40. The molecule has 9 nitrogen and oxygen atoms in total. The summed E-state index contributed by atoms with van der Waals surface area (Å²) in [6.45, 7) is 0.795. The summed E-state index contributed by atoms with van der Waals surface area (Å²) >= 11 is 0. The molecule has 0 aromatic heterocycles. The van der Waals surface area contributed by atoms with Gasteiger partial charge in [0.2, 0.25) is 6.29 Å². The predicted molar refractivity (Wildman–Crippen MR) is 77.6 cm³/mol. The van der Waals surface area contributed by atoms with Gasteiger partial charge in [0.1, 0.15) is 12.2 Å². The van der Waals surface area contributed by atoms with Crippen molar-refractivity contribution < 1.29 is 59.7 Å². The third kappa shape index (κ3) is 7.75. The van der Waals surface area contributed by atoms with E-state index in [0.717, 1.165) is 13.8 Å². The van der Waals surface area contributed by atoms with E-state index in [1.807, 2.05) is 0 Å². The number of ether oxygens (including phenoxy) is 3. The lowest BCUT2D eigenvalue weighted by Crippen LogP contribution is -2.61. The van der Waals surface area contributed by atoms with E-state index in [-0.39, 0.29) is 0 Å². The molecule has 0 aromatic rings. The second-order valence-electron chi connectivity index (χ2n) is 5.81. The fraction of sp³-hybridized carbons (Fsp3) is 0.714. The summed E-state index contributed by atoms with van der Waals surface area (Å²) in [5, 5.41) is 2.94. The Morgan fingerprint density at radius 1 is 0.931 bits per heavy atom. The summed E-state index contributed by atoms with van der Waals surface area (Å²) in [6.07, 6.45) is -16.2. The summed E-state index contributed by atoms with van der Waals surface area (Å²) in [4.78, 5) is 44.6. The molecule has 1 rings (SSSR count). The molecule has 1 saturated heterocycles. The molecule has 1 aliphatic rings. The highest BCUT2D eigenvalue weighted by atomic mass is 19.4. The van der Waals surface area contributed by atoms with Crippen LogP contribution < -0.4 is 10.6 Å². The molecule has 0 radical (unpaired) electrons.